The molecule has 0 saturated heterocycles. The third kappa shape index (κ3) is 1.95. The van der Waals surface area contributed by atoms with Gasteiger partial charge in [0, 0.05) is 18.4 Å². The van der Waals surface area contributed by atoms with Crippen LogP contribution in [0.15, 0.2) is 11.3 Å². The number of hydrogen-bond donors (Lipinski definition) is 0. The van der Waals surface area contributed by atoms with Gasteiger partial charge in [-0.05, 0) is 24.7 Å². The Morgan fingerprint density at radius 1 is 1.33 bits per heavy atom. The second kappa shape index (κ2) is 3.99. The summed E-state index contributed by atoms with van der Waals surface area (Å²) < 4.78 is 5.95. The molecular formula is C13H20O2. The van der Waals surface area contributed by atoms with Crippen LogP contribution in [0.4, 0.5) is 0 Å². The van der Waals surface area contributed by atoms with Crippen molar-refractivity contribution in [2.24, 2.45) is 11.8 Å². The van der Waals surface area contributed by atoms with E-state index in [1.54, 1.807) is 0 Å². The van der Waals surface area contributed by atoms with Crippen molar-refractivity contribution in [3.8, 4) is 0 Å². The first kappa shape index (κ1) is 10.7. The SMILES string of the molecule is CC(C)C1C[C@H](C)C2=C(CCCC2=O)O1. The lowest BCUT2D eigenvalue weighted by Crippen LogP contribution is -2.32. The Hall–Kier alpha value is -0.790. The summed E-state index contributed by atoms with van der Waals surface area (Å²) in [7, 11) is 0. The zero-order chi connectivity index (χ0) is 11.0. The molecule has 1 aliphatic carbocycles. The molecule has 0 bridgehead atoms. The van der Waals surface area contributed by atoms with Gasteiger partial charge in [0.05, 0.1) is 0 Å². The number of carbonyl (C=O) groups excluding carboxylic acids is 1. The van der Waals surface area contributed by atoms with Crippen molar-refractivity contribution < 1.29 is 9.53 Å². The van der Waals surface area contributed by atoms with E-state index in [2.05, 4.69) is 20.8 Å². The molecule has 15 heavy (non-hydrogen) atoms. The van der Waals surface area contributed by atoms with Crippen LogP contribution in [0.25, 0.3) is 0 Å². The molecule has 2 atom stereocenters. The molecule has 2 nitrogen and oxygen atoms in total. The molecule has 0 aromatic rings. The quantitative estimate of drug-likeness (QED) is 0.662. The van der Waals surface area contributed by atoms with Crippen molar-refractivity contribution in [3.63, 3.8) is 0 Å². The standard InChI is InChI=1S/C13H20O2/c1-8(2)12-7-9(3)13-10(14)5-4-6-11(13)15-12/h8-9,12H,4-7H2,1-3H3/t9-,12?/m0/s1. The fourth-order valence-electron chi connectivity index (χ4n) is 2.61. The summed E-state index contributed by atoms with van der Waals surface area (Å²) in [5, 5.41) is 0. The van der Waals surface area contributed by atoms with Crippen LogP contribution in [0.2, 0.25) is 0 Å². The average molecular weight is 208 g/mol. The highest BCUT2D eigenvalue weighted by Gasteiger charge is 2.34. The van der Waals surface area contributed by atoms with E-state index in [0.29, 0.717) is 23.7 Å². The van der Waals surface area contributed by atoms with Crippen LogP contribution < -0.4 is 0 Å². The van der Waals surface area contributed by atoms with E-state index in [1.165, 1.54) is 0 Å². The lowest BCUT2D eigenvalue weighted by molar-refractivity contribution is -0.118. The molecule has 0 N–H and O–H groups in total. The minimum Gasteiger partial charge on any atom is -0.494 e. The summed E-state index contributed by atoms with van der Waals surface area (Å²) in [5.41, 5.74) is 0.998. The van der Waals surface area contributed by atoms with Crippen LogP contribution >= 0.6 is 0 Å². The second-order valence-electron chi connectivity index (χ2n) is 5.15. The molecule has 1 unspecified atom stereocenters. The number of ketones is 1. The van der Waals surface area contributed by atoms with Crippen LogP contribution in [-0.4, -0.2) is 11.9 Å². The van der Waals surface area contributed by atoms with E-state index in [0.717, 1.165) is 37.0 Å². The van der Waals surface area contributed by atoms with Gasteiger partial charge in [0.25, 0.3) is 0 Å². The molecule has 0 aromatic carbocycles. The van der Waals surface area contributed by atoms with Gasteiger partial charge in [-0.25, -0.2) is 0 Å². The first-order valence-corrected chi connectivity index (χ1v) is 6.02. The van der Waals surface area contributed by atoms with Gasteiger partial charge in [-0.15, -0.1) is 0 Å². The molecule has 0 amide bonds. The van der Waals surface area contributed by atoms with Crippen molar-refractivity contribution in [3.05, 3.63) is 11.3 Å². The number of carbonyl (C=O) groups is 1. The summed E-state index contributed by atoms with van der Waals surface area (Å²) in [6.07, 6.45) is 3.97. The van der Waals surface area contributed by atoms with Gasteiger partial charge in [0.15, 0.2) is 5.78 Å². The highest BCUT2D eigenvalue weighted by molar-refractivity contribution is 5.97. The summed E-state index contributed by atoms with van der Waals surface area (Å²) in [6.45, 7) is 6.54. The molecule has 84 valence electrons. The largest absolute Gasteiger partial charge is 0.494 e. The zero-order valence-electron chi connectivity index (χ0n) is 9.88. The summed E-state index contributed by atoms with van der Waals surface area (Å²) in [4.78, 5) is 11.8. The number of hydrogen-bond acceptors (Lipinski definition) is 2. The Labute approximate surface area is 91.7 Å². The molecule has 0 radical (unpaired) electrons. The Morgan fingerprint density at radius 3 is 2.73 bits per heavy atom. The Kier molecular flexibility index (Phi) is 2.85. The van der Waals surface area contributed by atoms with Gasteiger partial charge in [0.1, 0.15) is 11.9 Å². The average Bonchev–Trinajstić information content (AvgIpc) is 2.17. The maximum Gasteiger partial charge on any atom is 0.162 e. The predicted molar refractivity (Wildman–Crippen MR) is 59.4 cm³/mol. The first-order valence-electron chi connectivity index (χ1n) is 6.02. The van der Waals surface area contributed by atoms with Crippen LogP contribution in [-0.2, 0) is 9.53 Å². The third-order valence-corrected chi connectivity index (χ3v) is 3.52. The monoisotopic (exact) mass is 208 g/mol. The minimum atomic E-state index is 0.310. The molecule has 0 aromatic heterocycles. The summed E-state index contributed by atoms with van der Waals surface area (Å²) in [6, 6.07) is 0. The Bertz CT molecular complexity index is 302. The fourth-order valence-corrected chi connectivity index (χ4v) is 2.61. The number of rotatable bonds is 1. The number of allylic oxidation sites excluding steroid dienone is 2. The third-order valence-electron chi connectivity index (χ3n) is 3.52. The van der Waals surface area contributed by atoms with Gasteiger partial charge < -0.3 is 4.74 Å². The number of ether oxygens (including phenoxy) is 1. The highest BCUT2D eigenvalue weighted by atomic mass is 16.5. The molecule has 2 aliphatic rings. The first-order chi connectivity index (χ1) is 7.09. The highest BCUT2D eigenvalue weighted by Crippen LogP contribution is 2.37. The topological polar surface area (TPSA) is 26.3 Å². The normalized spacial score (nSPS) is 31.6. The molecule has 1 heterocycles. The molecule has 1 aliphatic heterocycles. The lowest BCUT2D eigenvalue weighted by Gasteiger charge is -2.36. The van der Waals surface area contributed by atoms with E-state index in [9.17, 15) is 4.79 Å². The summed E-state index contributed by atoms with van der Waals surface area (Å²) >= 11 is 0. The van der Waals surface area contributed by atoms with Crippen molar-refractivity contribution in [2.45, 2.75) is 52.6 Å². The summed E-state index contributed by atoms with van der Waals surface area (Å²) in [5.74, 6) is 2.27. The van der Waals surface area contributed by atoms with Gasteiger partial charge in [-0.1, -0.05) is 20.8 Å². The lowest BCUT2D eigenvalue weighted by atomic mass is 9.81. The van der Waals surface area contributed by atoms with E-state index < -0.39 is 0 Å². The fraction of sp³-hybridized carbons (Fsp3) is 0.769. The Balaban J connectivity index is 2.25. The van der Waals surface area contributed by atoms with Crippen molar-refractivity contribution in [1.29, 1.82) is 0 Å². The van der Waals surface area contributed by atoms with Crippen LogP contribution in [0, 0.1) is 11.8 Å². The van der Waals surface area contributed by atoms with E-state index >= 15 is 0 Å². The van der Waals surface area contributed by atoms with Gasteiger partial charge in [-0.2, -0.15) is 0 Å². The smallest absolute Gasteiger partial charge is 0.162 e. The van der Waals surface area contributed by atoms with Crippen molar-refractivity contribution >= 4 is 5.78 Å². The molecule has 0 fully saturated rings. The van der Waals surface area contributed by atoms with E-state index in [1.807, 2.05) is 0 Å². The van der Waals surface area contributed by atoms with Crippen LogP contribution in [0.1, 0.15) is 46.5 Å². The van der Waals surface area contributed by atoms with Crippen LogP contribution in [0.5, 0.6) is 0 Å². The predicted octanol–water partition coefficient (Wildman–Crippen LogP) is 3.07. The second-order valence-corrected chi connectivity index (χ2v) is 5.15. The van der Waals surface area contributed by atoms with Gasteiger partial charge in [0.2, 0.25) is 0 Å². The van der Waals surface area contributed by atoms with Gasteiger partial charge >= 0.3 is 0 Å². The molecule has 0 spiro atoms. The number of Topliss-reactive ketones (excluding diaryl/α,β-unsaturated/α-hetero) is 1. The van der Waals surface area contributed by atoms with E-state index in [4.69, 9.17) is 4.74 Å². The maximum absolute atomic E-state index is 11.8. The van der Waals surface area contributed by atoms with Crippen LogP contribution in [0.3, 0.4) is 0 Å². The van der Waals surface area contributed by atoms with E-state index in [-0.39, 0.29) is 0 Å². The molecule has 0 saturated carbocycles. The Morgan fingerprint density at radius 2 is 2.07 bits per heavy atom. The molecule has 2 rings (SSSR count). The zero-order valence-corrected chi connectivity index (χ0v) is 9.88. The minimum absolute atomic E-state index is 0.310. The van der Waals surface area contributed by atoms with Crippen molar-refractivity contribution in [2.75, 3.05) is 0 Å². The molecule has 2 heteroatoms. The van der Waals surface area contributed by atoms with Gasteiger partial charge in [-0.3, -0.25) is 4.79 Å². The molecular weight excluding hydrogens is 188 g/mol. The maximum atomic E-state index is 11.8. The van der Waals surface area contributed by atoms with Crippen molar-refractivity contribution in [1.82, 2.24) is 0 Å².